The molecule has 0 aromatic heterocycles. The molecule has 0 spiro atoms. The largest absolute Gasteiger partial charge is 0.477 e. The number of ketones is 1. The predicted molar refractivity (Wildman–Crippen MR) is 69.9 cm³/mol. The lowest BCUT2D eigenvalue weighted by molar-refractivity contribution is -0.129. The van der Waals surface area contributed by atoms with Crippen LogP contribution in [0.2, 0.25) is 0 Å². The van der Waals surface area contributed by atoms with Crippen LogP contribution in [0.1, 0.15) is 27.2 Å². The van der Waals surface area contributed by atoms with Gasteiger partial charge in [-0.1, -0.05) is 6.92 Å². The fraction of sp³-hybridized carbons (Fsp3) is 0.727. The van der Waals surface area contributed by atoms with Gasteiger partial charge in [0.1, 0.15) is 17.7 Å². The van der Waals surface area contributed by atoms with E-state index in [1.165, 1.54) is 6.92 Å². The van der Waals surface area contributed by atoms with Gasteiger partial charge in [-0.05, 0) is 13.8 Å². The molecular formula is C11H20NO6P. The molecule has 0 aliphatic rings. The Morgan fingerprint density at radius 1 is 1.26 bits per heavy atom. The summed E-state index contributed by atoms with van der Waals surface area (Å²) >= 11 is 0. The van der Waals surface area contributed by atoms with E-state index in [0.717, 1.165) is 0 Å². The van der Waals surface area contributed by atoms with Crippen molar-refractivity contribution in [2.75, 3.05) is 19.4 Å². The monoisotopic (exact) mass is 293 g/mol. The molecule has 8 heteroatoms. The summed E-state index contributed by atoms with van der Waals surface area (Å²) in [7, 11) is -3.46. The summed E-state index contributed by atoms with van der Waals surface area (Å²) in [5, 5.41) is 15.8. The number of carbonyl (C=O) groups is 2. The molecule has 0 amide bonds. The highest BCUT2D eigenvalue weighted by Gasteiger charge is 2.30. The molecule has 0 radical (unpaired) electrons. The third-order valence-electron chi connectivity index (χ3n) is 2.32. The average molecular weight is 293 g/mol. The Balaban J connectivity index is 4.60. The first-order valence-electron chi connectivity index (χ1n) is 5.97. The van der Waals surface area contributed by atoms with Crippen molar-refractivity contribution in [1.82, 2.24) is 0 Å². The highest BCUT2D eigenvalue weighted by atomic mass is 31.2. The van der Waals surface area contributed by atoms with Gasteiger partial charge in [0.05, 0.1) is 13.2 Å². The summed E-state index contributed by atoms with van der Waals surface area (Å²) in [5.41, 5.74) is -0.552. The molecule has 0 aromatic carbocycles. The number of hydrogen-bond acceptors (Lipinski definition) is 6. The van der Waals surface area contributed by atoms with Crippen molar-refractivity contribution in [1.29, 1.82) is 5.41 Å². The van der Waals surface area contributed by atoms with Gasteiger partial charge in [0.25, 0.3) is 0 Å². The second-order valence-electron chi connectivity index (χ2n) is 3.96. The molecule has 2 N–H and O–H groups in total. The molecule has 1 unspecified atom stereocenters. The summed E-state index contributed by atoms with van der Waals surface area (Å²) in [6.07, 6.45) is -0.602. The fourth-order valence-corrected chi connectivity index (χ4v) is 3.11. The minimum absolute atomic E-state index is 0.157. The van der Waals surface area contributed by atoms with Crippen LogP contribution in [0.15, 0.2) is 0 Å². The molecule has 0 saturated heterocycles. The number of carbonyl (C=O) groups excluding carboxylic acids is 1. The highest BCUT2D eigenvalue weighted by Crippen LogP contribution is 2.48. The summed E-state index contributed by atoms with van der Waals surface area (Å²) in [6, 6.07) is 0. The van der Waals surface area contributed by atoms with E-state index < -0.39 is 37.1 Å². The second kappa shape index (κ2) is 8.19. The molecule has 0 aliphatic carbocycles. The number of carboxylic acids is 1. The van der Waals surface area contributed by atoms with E-state index in [1.807, 2.05) is 0 Å². The summed E-state index contributed by atoms with van der Waals surface area (Å²) in [6.45, 7) is 5.08. The van der Waals surface area contributed by atoms with Crippen LogP contribution in [0, 0.1) is 11.3 Å². The van der Waals surface area contributed by atoms with Gasteiger partial charge in [-0.3, -0.25) is 14.8 Å². The molecular weight excluding hydrogens is 273 g/mol. The van der Waals surface area contributed by atoms with Crippen molar-refractivity contribution >= 4 is 25.1 Å². The second-order valence-corrected chi connectivity index (χ2v) is 6.01. The van der Waals surface area contributed by atoms with Gasteiger partial charge in [-0.2, -0.15) is 0 Å². The normalized spacial score (nSPS) is 13.0. The molecule has 0 aromatic rings. The molecule has 1 atom stereocenters. The predicted octanol–water partition coefficient (Wildman–Crippen LogP) is 1.95. The minimum atomic E-state index is -3.46. The van der Waals surface area contributed by atoms with Crippen molar-refractivity contribution in [2.45, 2.75) is 27.2 Å². The van der Waals surface area contributed by atoms with Gasteiger partial charge >= 0.3 is 13.6 Å². The number of carboxylic acid groups (broad SMARTS) is 1. The van der Waals surface area contributed by atoms with Crippen molar-refractivity contribution < 1.29 is 28.3 Å². The highest BCUT2D eigenvalue weighted by molar-refractivity contribution is 7.54. The van der Waals surface area contributed by atoms with E-state index in [9.17, 15) is 14.2 Å². The SMILES string of the molecule is CCOP(=O)(CC(=O)C(C)CC(=N)C(=O)O)OCC. The Morgan fingerprint density at radius 2 is 1.74 bits per heavy atom. The number of hydrogen-bond donors (Lipinski definition) is 2. The van der Waals surface area contributed by atoms with Crippen molar-refractivity contribution in [3.8, 4) is 0 Å². The van der Waals surface area contributed by atoms with Crippen LogP contribution in [0.3, 0.4) is 0 Å². The maximum Gasteiger partial charge on any atom is 0.349 e. The lowest BCUT2D eigenvalue weighted by Crippen LogP contribution is -2.23. The van der Waals surface area contributed by atoms with Gasteiger partial charge in [0.2, 0.25) is 0 Å². The van der Waals surface area contributed by atoms with Gasteiger partial charge in [-0.25, -0.2) is 4.79 Å². The minimum Gasteiger partial charge on any atom is -0.477 e. The van der Waals surface area contributed by atoms with Crippen LogP contribution in [-0.2, 0) is 23.2 Å². The maximum absolute atomic E-state index is 12.1. The van der Waals surface area contributed by atoms with E-state index in [0.29, 0.717) is 0 Å². The molecule has 0 saturated carbocycles. The zero-order valence-corrected chi connectivity index (χ0v) is 12.2. The van der Waals surface area contributed by atoms with Crippen LogP contribution in [0.5, 0.6) is 0 Å². The van der Waals surface area contributed by atoms with Crippen molar-refractivity contribution in [3.05, 3.63) is 0 Å². The lowest BCUT2D eigenvalue weighted by Gasteiger charge is -2.18. The molecule has 110 valence electrons. The maximum atomic E-state index is 12.1. The lowest BCUT2D eigenvalue weighted by atomic mass is 10.0. The van der Waals surface area contributed by atoms with Gasteiger partial charge < -0.3 is 14.2 Å². The molecule has 0 heterocycles. The molecule has 0 aliphatic heterocycles. The first kappa shape index (κ1) is 18.0. The molecule has 19 heavy (non-hydrogen) atoms. The summed E-state index contributed by atoms with van der Waals surface area (Å²) in [4.78, 5) is 22.4. The standard InChI is InChI=1S/C11H20NO6P/c1-4-17-19(16,18-5-2)7-10(13)8(3)6-9(12)11(14)15/h8,12H,4-7H2,1-3H3,(H,14,15). The van der Waals surface area contributed by atoms with E-state index >= 15 is 0 Å². The summed E-state index contributed by atoms with van der Waals surface area (Å²) < 4.78 is 22.1. The summed E-state index contributed by atoms with van der Waals surface area (Å²) in [5.74, 6) is -2.51. The Bertz CT molecular complexity index is 385. The zero-order chi connectivity index (χ0) is 15.1. The van der Waals surface area contributed by atoms with Crippen molar-refractivity contribution in [3.63, 3.8) is 0 Å². The zero-order valence-electron chi connectivity index (χ0n) is 11.3. The molecule has 7 nitrogen and oxygen atoms in total. The van der Waals surface area contributed by atoms with E-state index in [-0.39, 0.29) is 19.6 Å². The number of nitrogens with one attached hydrogen (secondary N) is 1. The molecule has 0 rings (SSSR count). The van der Waals surface area contributed by atoms with Crippen LogP contribution in [-0.4, -0.2) is 41.9 Å². The molecule has 0 fully saturated rings. The van der Waals surface area contributed by atoms with E-state index in [2.05, 4.69) is 0 Å². The third-order valence-corrected chi connectivity index (χ3v) is 4.32. The topological polar surface area (TPSA) is 114 Å². The average Bonchev–Trinajstić information content (AvgIpc) is 2.28. The Morgan fingerprint density at radius 3 is 2.11 bits per heavy atom. The Kier molecular flexibility index (Phi) is 7.75. The van der Waals surface area contributed by atoms with Crippen molar-refractivity contribution in [2.24, 2.45) is 5.92 Å². The number of rotatable bonds is 10. The van der Waals surface area contributed by atoms with E-state index in [1.54, 1.807) is 13.8 Å². The van der Waals surface area contributed by atoms with E-state index in [4.69, 9.17) is 19.6 Å². The fourth-order valence-electron chi connectivity index (χ4n) is 1.38. The van der Waals surface area contributed by atoms with Crippen LogP contribution in [0.25, 0.3) is 0 Å². The smallest absolute Gasteiger partial charge is 0.349 e. The van der Waals surface area contributed by atoms with Gasteiger partial charge in [0, 0.05) is 12.3 Å². The first-order valence-corrected chi connectivity index (χ1v) is 7.70. The Hall–Kier alpha value is -1.04. The van der Waals surface area contributed by atoms with Gasteiger partial charge in [0.15, 0.2) is 0 Å². The quantitative estimate of drug-likeness (QED) is 0.470. The van der Waals surface area contributed by atoms with Crippen LogP contribution >= 0.6 is 7.60 Å². The van der Waals surface area contributed by atoms with Gasteiger partial charge in [-0.15, -0.1) is 0 Å². The van der Waals surface area contributed by atoms with Crippen LogP contribution < -0.4 is 0 Å². The number of aliphatic carboxylic acids is 1. The Labute approximate surface area is 112 Å². The van der Waals surface area contributed by atoms with Crippen LogP contribution in [0.4, 0.5) is 0 Å². The third kappa shape index (κ3) is 6.61. The molecule has 0 bridgehead atoms. The first-order chi connectivity index (χ1) is 8.75. The number of Topliss-reactive ketones (excluding diaryl/α,β-unsaturated/α-hetero) is 1.